The minimum Gasteiger partial charge on any atom is -0.348 e. The van der Waals surface area contributed by atoms with Crippen LogP contribution in [0.2, 0.25) is 0 Å². The van der Waals surface area contributed by atoms with E-state index in [-0.39, 0.29) is 30.4 Å². The number of nitrogens with zero attached hydrogens (tertiary/aromatic N) is 2. The number of aryl methyl sites for hydroxylation is 1. The van der Waals surface area contributed by atoms with Crippen molar-refractivity contribution in [1.82, 2.24) is 15.1 Å². The average molecular weight is 305 g/mol. The highest BCUT2D eigenvalue weighted by Crippen LogP contribution is 2.16. The molecule has 0 fully saturated rings. The lowest BCUT2D eigenvalue weighted by Gasteiger charge is -2.26. The number of hydrogen-bond acceptors (Lipinski definition) is 3. The van der Waals surface area contributed by atoms with Crippen molar-refractivity contribution in [3.05, 3.63) is 35.4 Å². The number of carbonyl (C=O) groups is 2. The summed E-state index contributed by atoms with van der Waals surface area (Å²) in [5.74, 6) is -0.0982. The lowest BCUT2D eigenvalue weighted by atomic mass is 10.0. The first-order valence-corrected chi connectivity index (χ1v) is 7.50. The maximum absolute atomic E-state index is 12.4. The van der Waals surface area contributed by atoms with Gasteiger partial charge in [-0.1, -0.05) is 24.3 Å². The number of benzene rings is 1. The lowest BCUT2D eigenvalue weighted by Crippen LogP contribution is -2.47. The molecule has 0 aliphatic rings. The number of carbonyl (C=O) groups excluding carboxylic acids is 2. The highest BCUT2D eigenvalue weighted by molar-refractivity contribution is 5.83. The molecule has 0 aromatic heterocycles. The van der Waals surface area contributed by atoms with Gasteiger partial charge in [0.15, 0.2) is 0 Å². The summed E-state index contributed by atoms with van der Waals surface area (Å²) in [6.07, 6.45) is 0. The van der Waals surface area contributed by atoms with Gasteiger partial charge >= 0.3 is 0 Å². The van der Waals surface area contributed by atoms with Crippen LogP contribution in [0.5, 0.6) is 0 Å². The molecule has 2 amide bonds. The van der Waals surface area contributed by atoms with E-state index in [1.54, 1.807) is 26.0 Å². The minimum atomic E-state index is -0.365. The fraction of sp³-hybridized carbons (Fsp3) is 0.529. The van der Waals surface area contributed by atoms with E-state index in [2.05, 4.69) is 5.32 Å². The summed E-state index contributed by atoms with van der Waals surface area (Å²) < 4.78 is 0. The van der Waals surface area contributed by atoms with Crippen molar-refractivity contribution in [2.24, 2.45) is 0 Å². The van der Waals surface area contributed by atoms with Crippen molar-refractivity contribution < 1.29 is 9.59 Å². The van der Waals surface area contributed by atoms with Gasteiger partial charge < -0.3 is 10.2 Å². The van der Waals surface area contributed by atoms with Gasteiger partial charge in [0.2, 0.25) is 11.8 Å². The van der Waals surface area contributed by atoms with Gasteiger partial charge in [0.05, 0.1) is 18.6 Å². The molecule has 1 aromatic rings. The summed E-state index contributed by atoms with van der Waals surface area (Å²) in [5, 5.41) is 3.01. The molecule has 1 aromatic carbocycles. The molecular formula is C17H27N3O2. The van der Waals surface area contributed by atoms with Gasteiger partial charge in [-0.2, -0.15) is 0 Å². The molecule has 2 atom stereocenters. The van der Waals surface area contributed by atoms with Crippen molar-refractivity contribution in [2.75, 3.05) is 27.7 Å². The Labute approximate surface area is 133 Å². The second-order valence-corrected chi connectivity index (χ2v) is 5.97. The Morgan fingerprint density at radius 3 is 2.27 bits per heavy atom. The summed E-state index contributed by atoms with van der Waals surface area (Å²) in [6, 6.07) is 7.57. The van der Waals surface area contributed by atoms with E-state index in [9.17, 15) is 9.59 Å². The molecule has 0 bridgehead atoms. The standard InChI is InChI=1S/C17H27N3O2/c1-12-9-7-8-10-15(12)13(2)18-17(22)14(3)20(6)11-16(21)19(4)5/h7-10,13-14H,11H2,1-6H3,(H,18,22). The van der Waals surface area contributed by atoms with E-state index in [0.717, 1.165) is 11.1 Å². The number of likely N-dealkylation sites (N-methyl/N-ethyl adjacent to an activating group) is 2. The van der Waals surface area contributed by atoms with Gasteiger partial charge in [-0.05, 0) is 38.9 Å². The molecule has 0 heterocycles. The van der Waals surface area contributed by atoms with Crippen LogP contribution < -0.4 is 5.32 Å². The van der Waals surface area contributed by atoms with Crippen LogP contribution in [0.3, 0.4) is 0 Å². The zero-order valence-corrected chi connectivity index (χ0v) is 14.4. The molecule has 122 valence electrons. The van der Waals surface area contributed by atoms with Crippen LogP contribution in [0.15, 0.2) is 24.3 Å². The average Bonchev–Trinajstić information content (AvgIpc) is 2.46. The zero-order chi connectivity index (χ0) is 16.9. The van der Waals surface area contributed by atoms with Gasteiger partial charge in [0.1, 0.15) is 0 Å². The first-order chi connectivity index (χ1) is 10.2. The molecule has 5 heteroatoms. The van der Waals surface area contributed by atoms with Crippen LogP contribution >= 0.6 is 0 Å². The Bertz CT molecular complexity index is 528. The third-order valence-corrected chi connectivity index (χ3v) is 3.94. The van der Waals surface area contributed by atoms with E-state index in [1.165, 1.54) is 4.90 Å². The third-order valence-electron chi connectivity index (χ3n) is 3.94. The van der Waals surface area contributed by atoms with Crippen molar-refractivity contribution in [3.63, 3.8) is 0 Å². The van der Waals surface area contributed by atoms with Crippen molar-refractivity contribution in [3.8, 4) is 0 Å². The maximum atomic E-state index is 12.4. The fourth-order valence-electron chi connectivity index (χ4n) is 2.18. The van der Waals surface area contributed by atoms with E-state index < -0.39 is 0 Å². The highest BCUT2D eigenvalue weighted by Gasteiger charge is 2.22. The molecule has 22 heavy (non-hydrogen) atoms. The molecular weight excluding hydrogens is 278 g/mol. The molecule has 1 rings (SSSR count). The first-order valence-electron chi connectivity index (χ1n) is 7.50. The summed E-state index contributed by atoms with van der Waals surface area (Å²) in [7, 11) is 5.20. The Balaban J connectivity index is 2.64. The number of nitrogens with one attached hydrogen (secondary N) is 1. The predicted octanol–water partition coefficient (Wildman–Crippen LogP) is 1.58. The number of hydrogen-bond donors (Lipinski definition) is 1. The molecule has 0 radical (unpaired) electrons. The van der Waals surface area contributed by atoms with Crippen LogP contribution in [0.1, 0.15) is 31.0 Å². The van der Waals surface area contributed by atoms with Crippen molar-refractivity contribution >= 4 is 11.8 Å². The molecule has 2 unspecified atom stereocenters. The van der Waals surface area contributed by atoms with Crippen molar-refractivity contribution in [1.29, 1.82) is 0 Å². The molecule has 5 nitrogen and oxygen atoms in total. The molecule has 0 aliphatic heterocycles. The number of rotatable bonds is 6. The van der Waals surface area contributed by atoms with Gasteiger partial charge in [-0.15, -0.1) is 0 Å². The first kappa shape index (κ1) is 18.2. The van der Waals surface area contributed by atoms with Gasteiger partial charge in [-0.3, -0.25) is 14.5 Å². The van der Waals surface area contributed by atoms with E-state index in [4.69, 9.17) is 0 Å². The monoisotopic (exact) mass is 305 g/mol. The number of amides is 2. The van der Waals surface area contributed by atoms with Crippen LogP contribution in [0.4, 0.5) is 0 Å². The Morgan fingerprint density at radius 1 is 1.14 bits per heavy atom. The van der Waals surface area contributed by atoms with Crippen LogP contribution in [-0.2, 0) is 9.59 Å². The zero-order valence-electron chi connectivity index (χ0n) is 14.4. The van der Waals surface area contributed by atoms with Gasteiger partial charge in [-0.25, -0.2) is 0 Å². The molecule has 1 N–H and O–H groups in total. The summed E-state index contributed by atoms with van der Waals surface area (Å²) in [6.45, 7) is 6.03. The quantitative estimate of drug-likeness (QED) is 0.868. The second-order valence-electron chi connectivity index (χ2n) is 5.97. The molecule has 0 saturated heterocycles. The SMILES string of the molecule is Cc1ccccc1C(C)NC(=O)C(C)N(C)CC(=O)N(C)C. The van der Waals surface area contributed by atoms with E-state index in [0.29, 0.717) is 0 Å². The van der Waals surface area contributed by atoms with Crippen LogP contribution in [0, 0.1) is 6.92 Å². The molecule has 0 aliphatic carbocycles. The van der Waals surface area contributed by atoms with Crippen LogP contribution in [0.25, 0.3) is 0 Å². The third kappa shape index (κ3) is 4.84. The Kier molecular flexibility index (Phi) is 6.56. The largest absolute Gasteiger partial charge is 0.348 e. The Morgan fingerprint density at radius 2 is 1.73 bits per heavy atom. The van der Waals surface area contributed by atoms with Gasteiger partial charge in [0, 0.05) is 14.1 Å². The topological polar surface area (TPSA) is 52.7 Å². The second kappa shape index (κ2) is 7.94. The predicted molar refractivity (Wildman–Crippen MR) is 88.5 cm³/mol. The summed E-state index contributed by atoms with van der Waals surface area (Å²) >= 11 is 0. The van der Waals surface area contributed by atoms with Crippen molar-refractivity contribution in [2.45, 2.75) is 32.9 Å². The van der Waals surface area contributed by atoms with Gasteiger partial charge in [0.25, 0.3) is 0 Å². The fourth-order valence-corrected chi connectivity index (χ4v) is 2.18. The summed E-state index contributed by atoms with van der Waals surface area (Å²) in [5.41, 5.74) is 2.26. The van der Waals surface area contributed by atoms with Crippen LogP contribution in [-0.4, -0.2) is 55.3 Å². The maximum Gasteiger partial charge on any atom is 0.237 e. The lowest BCUT2D eigenvalue weighted by molar-refractivity contribution is -0.132. The minimum absolute atomic E-state index is 0.0193. The summed E-state index contributed by atoms with van der Waals surface area (Å²) in [4.78, 5) is 27.4. The molecule has 0 saturated carbocycles. The normalized spacial score (nSPS) is 13.6. The Hall–Kier alpha value is -1.88. The highest BCUT2D eigenvalue weighted by atomic mass is 16.2. The molecule has 0 spiro atoms. The smallest absolute Gasteiger partial charge is 0.237 e. The van der Waals surface area contributed by atoms with E-state index >= 15 is 0 Å². The van der Waals surface area contributed by atoms with E-state index in [1.807, 2.05) is 45.0 Å².